The summed E-state index contributed by atoms with van der Waals surface area (Å²) in [5.41, 5.74) is 6.93. The molecule has 1 aliphatic carbocycles. The fourth-order valence-electron chi connectivity index (χ4n) is 3.87. The number of anilines is 1. The lowest BCUT2D eigenvalue weighted by Gasteiger charge is -2.12. The van der Waals surface area contributed by atoms with Gasteiger partial charge in [0.25, 0.3) is 0 Å². The van der Waals surface area contributed by atoms with Gasteiger partial charge in [0.15, 0.2) is 0 Å². The standard InChI is InChI=1S/C13H21N3O.C13H21N.C8H10.C3H6/c1-5-12-8-13(10(3)16-12)9(2)14-6-7-15-11(4)17;1-3-4-8-12(2)11-14-13-9-6-5-7-10-13;1-8-6-4-2-3-5-7-8;1-3-2/h8,14,16H,2,5-7H2,1,3-4H3,(H,15,17);5-7,9-10,12,14H,3-4,8,11H2,1-2H3;2-4,6-7H,5H2,1H3;3H,1H2,2H3/t;12-;;/m.0../s1. The number of H-pyrrole nitrogens is 1. The predicted molar refractivity (Wildman–Crippen MR) is 187 cm³/mol. The highest BCUT2D eigenvalue weighted by molar-refractivity contribution is 5.72. The van der Waals surface area contributed by atoms with Gasteiger partial charge in [-0.3, -0.25) is 4.79 Å². The fraction of sp³-hybridized carbons (Fsp3) is 0.432. The Morgan fingerprint density at radius 2 is 1.76 bits per heavy atom. The number of hydrogen-bond acceptors (Lipinski definition) is 3. The van der Waals surface area contributed by atoms with Crippen molar-refractivity contribution in [2.24, 2.45) is 5.92 Å². The molecule has 232 valence electrons. The Labute approximate surface area is 257 Å². The summed E-state index contributed by atoms with van der Waals surface area (Å²) >= 11 is 0. The molecule has 5 nitrogen and oxygen atoms in total. The van der Waals surface area contributed by atoms with E-state index in [4.69, 9.17) is 0 Å². The van der Waals surface area contributed by atoms with Gasteiger partial charge in [0.1, 0.15) is 0 Å². The molecule has 2 aromatic rings. The number of benzene rings is 1. The largest absolute Gasteiger partial charge is 0.385 e. The van der Waals surface area contributed by atoms with E-state index in [2.05, 4.69) is 122 Å². The number of nitrogens with one attached hydrogen (secondary N) is 4. The van der Waals surface area contributed by atoms with E-state index in [0.29, 0.717) is 13.1 Å². The molecule has 0 saturated heterocycles. The third-order valence-electron chi connectivity index (χ3n) is 6.28. The number of aromatic nitrogens is 1. The van der Waals surface area contributed by atoms with Crippen molar-refractivity contribution in [3.8, 4) is 0 Å². The molecule has 3 rings (SSSR count). The van der Waals surface area contributed by atoms with Crippen LogP contribution in [0, 0.1) is 12.8 Å². The Kier molecular flexibility index (Phi) is 22.8. The average Bonchev–Trinajstić information content (AvgIpc) is 3.20. The van der Waals surface area contributed by atoms with Crippen LogP contribution < -0.4 is 16.0 Å². The van der Waals surface area contributed by atoms with Crippen LogP contribution in [0.2, 0.25) is 0 Å². The number of carbonyl (C=O) groups excluding carboxylic acids is 1. The molecule has 1 heterocycles. The zero-order valence-electron chi connectivity index (χ0n) is 27.5. The molecule has 0 unspecified atom stereocenters. The van der Waals surface area contributed by atoms with E-state index < -0.39 is 0 Å². The number of unbranched alkanes of at least 4 members (excludes halogenated alkanes) is 1. The van der Waals surface area contributed by atoms with Crippen molar-refractivity contribution >= 4 is 17.3 Å². The number of rotatable bonds is 12. The molecule has 0 spiro atoms. The van der Waals surface area contributed by atoms with E-state index in [1.165, 1.54) is 43.1 Å². The van der Waals surface area contributed by atoms with Gasteiger partial charge in [-0.25, -0.2) is 0 Å². The Hall–Kier alpha value is -3.73. The summed E-state index contributed by atoms with van der Waals surface area (Å²) in [5.74, 6) is 0.763. The van der Waals surface area contributed by atoms with Gasteiger partial charge >= 0.3 is 0 Å². The van der Waals surface area contributed by atoms with Gasteiger partial charge in [-0.2, -0.15) is 0 Å². The SMILES string of the molecule is C=C(NCCNC(C)=O)c1cc(CC)[nH]c1C.C=CC.CC1=CCC=CC=C1.CCCC[C@H](C)CNc1ccccc1. The smallest absolute Gasteiger partial charge is 0.216 e. The molecule has 5 heteroatoms. The number of para-hydroxylation sites is 1. The first-order chi connectivity index (χ1) is 20.2. The molecule has 1 aliphatic rings. The van der Waals surface area contributed by atoms with Crippen molar-refractivity contribution < 1.29 is 4.79 Å². The summed E-state index contributed by atoms with van der Waals surface area (Å²) in [4.78, 5) is 14.0. The maximum absolute atomic E-state index is 10.7. The Bertz CT molecular complexity index is 1090. The molecule has 4 N–H and O–H groups in total. The lowest BCUT2D eigenvalue weighted by molar-refractivity contribution is -0.118. The van der Waals surface area contributed by atoms with Gasteiger partial charge in [0.05, 0.1) is 0 Å². The molecule has 0 radical (unpaired) electrons. The van der Waals surface area contributed by atoms with Crippen LogP contribution in [0.15, 0.2) is 91.6 Å². The number of hydrogen-bond donors (Lipinski definition) is 4. The molecule has 1 aromatic heterocycles. The summed E-state index contributed by atoms with van der Waals surface area (Å²) in [7, 11) is 0. The molecule has 1 atom stereocenters. The molecular weight excluding hydrogens is 516 g/mol. The van der Waals surface area contributed by atoms with E-state index in [1.807, 2.05) is 19.9 Å². The third kappa shape index (κ3) is 20.2. The average molecular weight is 575 g/mol. The molecule has 0 saturated carbocycles. The van der Waals surface area contributed by atoms with Crippen LogP contribution in [-0.2, 0) is 11.2 Å². The van der Waals surface area contributed by atoms with E-state index in [-0.39, 0.29) is 5.91 Å². The highest BCUT2D eigenvalue weighted by atomic mass is 16.1. The second-order valence-corrected chi connectivity index (χ2v) is 10.4. The first-order valence-corrected chi connectivity index (χ1v) is 15.4. The van der Waals surface area contributed by atoms with Gasteiger partial charge in [0, 0.05) is 54.9 Å². The second kappa shape index (κ2) is 25.0. The van der Waals surface area contributed by atoms with Crippen molar-refractivity contribution in [3.63, 3.8) is 0 Å². The number of amides is 1. The van der Waals surface area contributed by atoms with Crippen molar-refractivity contribution in [1.29, 1.82) is 0 Å². The Morgan fingerprint density at radius 3 is 2.36 bits per heavy atom. The van der Waals surface area contributed by atoms with Gasteiger partial charge in [-0.15, -0.1) is 6.58 Å². The minimum Gasteiger partial charge on any atom is -0.385 e. The predicted octanol–water partition coefficient (Wildman–Crippen LogP) is 9.15. The molecule has 1 amide bonds. The molecule has 0 aliphatic heterocycles. The molecule has 0 fully saturated rings. The summed E-state index contributed by atoms with van der Waals surface area (Å²) in [6.45, 7) is 24.0. The van der Waals surface area contributed by atoms with Crippen molar-refractivity contribution in [1.82, 2.24) is 15.6 Å². The van der Waals surface area contributed by atoms with Crippen LogP contribution in [0.25, 0.3) is 5.70 Å². The maximum Gasteiger partial charge on any atom is 0.216 e. The van der Waals surface area contributed by atoms with Crippen molar-refractivity contribution in [2.75, 3.05) is 25.0 Å². The van der Waals surface area contributed by atoms with Crippen molar-refractivity contribution in [3.05, 3.63) is 109 Å². The van der Waals surface area contributed by atoms with Gasteiger partial charge in [-0.05, 0) is 64.2 Å². The fourth-order valence-corrected chi connectivity index (χ4v) is 3.87. The number of allylic oxidation sites excluding steroid dienone is 7. The van der Waals surface area contributed by atoms with Crippen LogP contribution in [0.3, 0.4) is 0 Å². The first kappa shape index (κ1) is 38.3. The number of aromatic amines is 1. The second-order valence-electron chi connectivity index (χ2n) is 10.4. The van der Waals surface area contributed by atoms with Crippen LogP contribution in [0.4, 0.5) is 5.69 Å². The van der Waals surface area contributed by atoms with E-state index >= 15 is 0 Å². The van der Waals surface area contributed by atoms with Gasteiger partial charge < -0.3 is 20.9 Å². The molecule has 42 heavy (non-hydrogen) atoms. The molecule has 0 bridgehead atoms. The summed E-state index contributed by atoms with van der Waals surface area (Å²) in [5, 5.41) is 9.39. The molecular formula is C37H58N4O. The van der Waals surface area contributed by atoms with Gasteiger partial charge in [0.2, 0.25) is 5.91 Å². The van der Waals surface area contributed by atoms with Crippen molar-refractivity contribution in [2.45, 2.75) is 80.6 Å². The number of aryl methyl sites for hydroxylation is 2. The third-order valence-corrected chi connectivity index (χ3v) is 6.28. The lowest BCUT2D eigenvalue weighted by Crippen LogP contribution is -2.29. The Balaban J connectivity index is 0.000000601. The molecule has 1 aromatic carbocycles. The quantitative estimate of drug-likeness (QED) is 0.151. The first-order valence-electron chi connectivity index (χ1n) is 15.4. The topological polar surface area (TPSA) is 68.9 Å². The van der Waals surface area contributed by atoms with E-state index in [1.54, 1.807) is 6.08 Å². The zero-order valence-corrected chi connectivity index (χ0v) is 27.5. The maximum atomic E-state index is 10.7. The van der Waals surface area contributed by atoms with E-state index in [0.717, 1.165) is 42.3 Å². The zero-order chi connectivity index (χ0) is 31.6. The highest BCUT2D eigenvalue weighted by Gasteiger charge is 2.06. The minimum atomic E-state index is -0.0106. The van der Waals surface area contributed by atoms with Crippen LogP contribution >= 0.6 is 0 Å². The Morgan fingerprint density at radius 1 is 1.10 bits per heavy atom. The monoisotopic (exact) mass is 574 g/mol. The van der Waals surface area contributed by atoms with Gasteiger partial charge in [-0.1, -0.05) is 100 Å². The highest BCUT2D eigenvalue weighted by Crippen LogP contribution is 2.16. The lowest BCUT2D eigenvalue weighted by atomic mass is 10.0. The van der Waals surface area contributed by atoms with Crippen LogP contribution in [0.1, 0.15) is 84.2 Å². The summed E-state index contributed by atoms with van der Waals surface area (Å²) in [6, 6.07) is 12.5. The van der Waals surface area contributed by atoms with E-state index in [9.17, 15) is 4.79 Å². The summed E-state index contributed by atoms with van der Waals surface area (Å²) in [6.07, 6.45) is 18.4. The number of carbonyl (C=O) groups is 1. The van der Waals surface area contributed by atoms with Crippen LogP contribution in [0.5, 0.6) is 0 Å². The van der Waals surface area contributed by atoms with Crippen LogP contribution in [-0.4, -0.2) is 30.5 Å². The minimum absolute atomic E-state index is 0.0106. The normalized spacial score (nSPS) is 11.9. The summed E-state index contributed by atoms with van der Waals surface area (Å²) < 4.78 is 0.